The normalized spacial score (nSPS) is 20.9. The molecule has 0 spiro atoms. The lowest BCUT2D eigenvalue weighted by atomic mass is 9.94. The van der Waals surface area contributed by atoms with Gasteiger partial charge in [-0.05, 0) is 24.5 Å². The minimum absolute atomic E-state index is 0.108. The molecule has 138 valence electrons. The number of nitrogens with two attached hydrogens (primary N) is 1. The van der Waals surface area contributed by atoms with Crippen LogP contribution in [0.2, 0.25) is 0 Å². The van der Waals surface area contributed by atoms with Gasteiger partial charge >= 0.3 is 0 Å². The Bertz CT molecular complexity index is 802. The van der Waals surface area contributed by atoms with Crippen molar-refractivity contribution in [1.29, 1.82) is 5.41 Å². The van der Waals surface area contributed by atoms with Gasteiger partial charge in [-0.25, -0.2) is 23.7 Å². The molecule has 3 rings (SSSR count). The molecule has 1 aliphatic heterocycles. The van der Waals surface area contributed by atoms with Crippen LogP contribution in [0.5, 0.6) is 0 Å². The Morgan fingerprint density at radius 1 is 1.42 bits per heavy atom. The molecule has 2 aromatic rings. The molecular formula is C17H21F2N7. The van der Waals surface area contributed by atoms with Crippen molar-refractivity contribution in [3.63, 3.8) is 0 Å². The van der Waals surface area contributed by atoms with Crippen LogP contribution in [-0.4, -0.2) is 51.2 Å². The third-order valence-electron chi connectivity index (χ3n) is 4.52. The molecule has 0 radical (unpaired) electrons. The van der Waals surface area contributed by atoms with E-state index in [9.17, 15) is 8.78 Å². The highest BCUT2D eigenvalue weighted by Crippen LogP contribution is 2.24. The molecule has 1 saturated heterocycles. The van der Waals surface area contributed by atoms with Gasteiger partial charge in [0.05, 0.1) is 23.3 Å². The topological polar surface area (TPSA) is 108 Å². The Hall–Kier alpha value is -2.68. The number of alkyl halides is 2. The smallest absolute Gasteiger partial charge is 0.279 e. The quantitative estimate of drug-likeness (QED) is 0.709. The van der Waals surface area contributed by atoms with Crippen molar-refractivity contribution in [2.45, 2.75) is 25.8 Å². The van der Waals surface area contributed by atoms with Gasteiger partial charge in [0, 0.05) is 25.2 Å². The number of aromatic amines is 1. The summed E-state index contributed by atoms with van der Waals surface area (Å²) in [5.74, 6) is 1.66. The molecule has 0 saturated carbocycles. The number of allylic oxidation sites excluding steroid dienone is 1. The summed E-state index contributed by atoms with van der Waals surface area (Å²) < 4.78 is 24.7. The second-order valence-electron chi connectivity index (χ2n) is 6.41. The average Bonchev–Trinajstić information content (AvgIpc) is 3.11. The van der Waals surface area contributed by atoms with Gasteiger partial charge in [0.25, 0.3) is 6.43 Å². The van der Waals surface area contributed by atoms with Gasteiger partial charge in [-0.3, -0.25) is 5.41 Å². The summed E-state index contributed by atoms with van der Waals surface area (Å²) in [5, 5.41) is 7.12. The maximum Gasteiger partial charge on any atom is 0.279 e. The molecule has 2 aromatic heterocycles. The Kier molecular flexibility index (Phi) is 5.36. The van der Waals surface area contributed by atoms with Gasteiger partial charge in [-0.1, -0.05) is 6.92 Å². The van der Waals surface area contributed by atoms with Gasteiger partial charge < -0.3 is 15.6 Å². The van der Waals surface area contributed by atoms with E-state index in [-0.39, 0.29) is 6.04 Å². The number of aromatic nitrogens is 4. The zero-order valence-electron chi connectivity index (χ0n) is 14.4. The summed E-state index contributed by atoms with van der Waals surface area (Å²) in [7, 11) is 0. The maximum absolute atomic E-state index is 12.3. The van der Waals surface area contributed by atoms with Crippen molar-refractivity contribution in [3.8, 4) is 11.4 Å². The molecule has 2 unspecified atom stereocenters. The zero-order valence-corrected chi connectivity index (χ0v) is 14.4. The number of hydrogen-bond acceptors (Lipinski definition) is 6. The average molecular weight is 361 g/mol. The lowest BCUT2D eigenvalue weighted by molar-refractivity contribution is 0.226. The Morgan fingerprint density at radius 2 is 2.23 bits per heavy atom. The summed E-state index contributed by atoms with van der Waals surface area (Å²) in [4.78, 5) is 17.8. The van der Waals surface area contributed by atoms with E-state index in [1.54, 1.807) is 6.20 Å². The molecule has 9 heteroatoms. The summed E-state index contributed by atoms with van der Waals surface area (Å²) in [6, 6.07) is 1.96. The Balaban J connectivity index is 1.76. The van der Waals surface area contributed by atoms with E-state index in [0.717, 1.165) is 31.4 Å². The largest absolute Gasteiger partial charge is 0.355 e. The van der Waals surface area contributed by atoms with Crippen LogP contribution in [0.15, 0.2) is 24.7 Å². The minimum Gasteiger partial charge on any atom is -0.355 e. The number of halogens is 2. The van der Waals surface area contributed by atoms with E-state index in [4.69, 9.17) is 11.1 Å². The van der Waals surface area contributed by atoms with Crippen LogP contribution in [0, 0.1) is 11.3 Å². The second-order valence-corrected chi connectivity index (χ2v) is 6.41. The number of nitrogens with zero attached hydrogens (tertiary/aromatic N) is 4. The van der Waals surface area contributed by atoms with Gasteiger partial charge in [0.1, 0.15) is 18.0 Å². The fourth-order valence-electron chi connectivity index (χ4n) is 2.77. The van der Waals surface area contributed by atoms with Crippen molar-refractivity contribution in [2.24, 2.45) is 11.7 Å². The first-order chi connectivity index (χ1) is 12.4. The third kappa shape index (κ3) is 4.10. The van der Waals surface area contributed by atoms with E-state index in [2.05, 4.69) is 31.8 Å². The highest BCUT2D eigenvalue weighted by Gasteiger charge is 2.24. The lowest BCUT2D eigenvalue weighted by Crippen LogP contribution is -2.47. The van der Waals surface area contributed by atoms with Crippen LogP contribution in [0.3, 0.4) is 0 Å². The zero-order chi connectivity index (χ0) is 18.7. The van der Waals surface area contributed by atoms with Crippen molar-refractivity contribution in [3.05, 3.63) is 30.5 Å². The summed E-state index contributed by atoms with van der Waals surface area (Å²) in [6.45, 7) is 3.78. The van der Waals surface area contributed by atoms with E-state index >= 15 is 0 Å². The fraction of sp³-hybridized carbons (Fsp3) is 0.412. The molecule has 26 heavy (non-hydrogen) atoms. The number of hydrogen-bond donors (Lipinski definition) is 3. The van der Waals surface area contributed by atoms with Crippen LogP contribution in [0.1, 0.15) is 19.2 Å². The number of nitrogens with one attached hydrogen (secondary N) is 2. The second kappa shape index (κ2) is 7.69. The monoisotopic (exact) mass is 361 g/mol. The molecule has 0 aliphatic carbocycles. The summed E-state index contributed by atoms with van der Waals surface area (Å²) in [6.07, 6.45) is 3.62. The van der Waals surface area contributed by atoms with Crippen LogP contribution in [-0.2, 0) is 0 Å². The molecule has 0 aromatic carbocycles. The molecule has 3 heterocycles. The molecule has 4 N–H and O–H groups in total. The maximum atomic E-state index is 12.3. The standard InChI is InChI=1S/C17H21F2N7/c1-10-4-5-26(8-12(10)21)16-6-13(23-9-24-16)14-7-22-15(25-14)3-2-11(20)17(18)19/h2-3,6-7,9-10,12,17,20H,4-5,8,21H2,1H3,(H,22,25)/b3-2-,20-11?. The van der Waals surface area contributed by atoms with E-state index < -0.39 is 12.1 Å². The molecular weight excluding hydrogens is 340 g/mol. The third-order valence-corrected chi connectivity index (χ3v) is 4.52. The first-order valence-electron chi connectivity index (χ1n) is 8.36. The molecule has 2 atom stereocenters. The Labute approximate surface area is 149 Å². The number of imidazole rings is 1. The van der Waals surface area contributed by atoms with Gasteiger partial charge in [0.15, 0.2) is 0 Å². The van der Waals surface area contributed by atoms with Crippen molar-refractivity contribution in [1.82, 2.24) is 19.9 Å². The molecule has 7 nitrogen and oxygen atoms in total. The summed E-state index contributed by atoms with van der Waals surface area (Å²) >= 11 is 0. The SMILES string of the molecule is CC1CCN(c2cc(-c3cnc(/C=C\C(=N)C(F)F)[nH]3)ncn2)CC1N. The minimum atomic E-state index is -2.80. The van der Waals surface area contributed by atoms with E-state index in [1.165, 1.54) is 12.4 Å². The van der Waals surface area contributed by atoms with E-state index in [0.29, 0.717) is 23.1 Å². The number of H-pyrrole nitrogens is 1. The molecule has 0 bridgehead atoms. The highest BCUT2D eigenvalue weighted by atomic mass is 19.3. The predicted molar refractivity (Wildman–Crippen MR) is 96.3 cm³/mol. The molecule has 1 fully saturated rings. The number of anilines is 1. The first-order valence-corrected chi connectivity index (χ1v) is 8.36. The van der Waals surface area contributed by atoms with Crippen LogP contribution < -0.4 is 10.6 Å². The summed E-state index contributed by atoms with van der Waals surface area (Å²) in [5.41, 5.74) is 6.69. The van der Waals surface area contributed by atoms with Crippen molar-refractivity contribution < 1.29 is 8.78 Å². The Morgan fingerprint density at radius 3 is 2.96 bits per heavy atom. The predicted octanol–water partition coefficient (Wildman–Crippen LogP) is 2.34. The first kappa shape index (κ1) is 18.1. The van der Waals surface area contributed by atoms with Crippen LogP contribution in [0.4, 0.5) is 14.6 Å². The lowest BCUT2D eigenvalue weighted by Gasteiger charge is -2.35. The van der Waals surface area contributed by atoms with Crippen LogP contribution >= 0.6 is 0 Å². The molecule has 1 aliphatic rings. The van der Waals surface area contributed by atoms with Gasteiger partial charge in [-0.15, -0.1) is 0 Å². The fourth-order valence-corrected chi connectivity index (χ4v) is 2.77. The van der Waals surface area contributed by atoms with Crippen molar-refractivity contribution in [2.75, 3.05) is 18.0 Å². The number of rotatable bonds is 5. The molecule has 0 amide bonds. The van der Waals surface area contributed by atoms with Crippen molar-refractivity contribution >= 4 is 17.6 Å². The van der Waals surface area contributed by atoms with Gasteiger partial charge in [-0.2, -0.15) is 0 Å². The highest BCUT2D eigenvalue weighted by molar-refractivity contribution is 5.97. The van der Waals surface area contributed by atoms with Crippen LogP contribution in [0.25, 0.3) is 17.5 Å². The van der Waals surface area contributed by atoms with Gasteiger partial charge in [0.2, 0.25) is 0 Å². The number of piperidine rings is 1. The van der Waals surface area contributed by atoms with E-state index in [1.807, 2.05) is 6.07 Å².